The van der Waals surface area contributed by atoms with Gasteiger partial charge in [0.15, 0.2) is 0 Å². The molecule has 2 fully saturated rings. The highest BCUT2D eigenvalue weighted by molar-refractivity contribution is 5.74. The number of rotatable bonds is 4. The number of nitrogens with one attached hydrogen (secondary N) is 3. The van der Waals surface area contributed by atoms with Gasteiger partial charge in [-0.2, -0.15) is 5.53 Å². The Hall–Kier alpha value is -1.87. The summed E-state index contributed by atoms with van der Waals surface area (Å²) in [4.78, 5) is 11.1. The molecular formula is C16H19N3O2. The number of hydrogen-bond acceptors (Lipinski definition) is 4. The number of carboxylic acid groups (broad SMARTS) is 1. The molecule has 0 aromatic heterocycles. The van der Waals surface area contributed by atoms with Gasteiger partial charge in [-0.15, -0.1) is 0 Å². The first-order chi connectivity index (χ1) is 10.2. The summed E-state index contributed by atoms with van der Waals surface area (Å²) < 4.78 is 0. The summed E-state index contributed by atoms with van der Waals surface area (Å²) in [6.45, 7) is 0. The monoisotopic (exact) mass is 285 g/mol. The van der Waals surface area contributed by atoms with Gasteiger partial charge in [0, 0.05) is 12.0 Å². The van der Waals surface area contributed by atoms with Gasteiger partial charge in [-0.05, 0) is 42.9 Å². The summed E-state index contributed by atoms with van der Waals surface area (Å²) >= 11 is 0. The van der Waals surface area contributed by atoms with Crippen molar-refractivity contribution in [1.29, 1.82) is 0 Å². The molecule has 1 saturated heterocycles. The van der Waals surface area contributed by atoms with Crippen molar-refractivity contribution in [3.63, 3.8) is 0 Å². The largest absolute Gasteiger partial charge is 0.480 e. The van der Waals surface area contributed by atoms with E-state index < -0.39 is 12.0 Å². The minimum absolute atomic E-state index is 0.183. The average molecular weight is 285 g/mol. The Balaban J connectivity index is 1.64. The maximum atomic E-state index is 11.1. The zero-order valence-corrected chi connectivity index (χ0v) is 11.7. The van der Waals surface area contributed by atoms with E-state index in [9.17, 15) is 4.79 Å². The lowest BCUT2D eigenvalue weighted by Gasteiger charge is -2.14. The first-order valence-corrected chi connectivity index (χ1v) is 7.29. The summed E-state index contributed by atoms with van der Waals surface area (Å²) in [6, 6.07) is 7.20. The molecule has 21 heavy (non-hydrogen) atoms. The van der Waals surface area contributed by atoms with Gasteiger partial charge in [-0.1, -0.05) is 24.0 Å². The van der Waals surface area contributed by atoms with Crippen LogP contribution in [0.2, 0.25) is 0 Å². The molecule has 0 radical (unpaired) electrons. The highest BCUT2D eigenvalue weighted by atomic mass is 16.4. The maximum Gasteiger partial charge on any atom is 0.323 e. The fourth-order valence-electron chi connectivity index (χ4n) is 2.45. The van der Waals surface area contributed by atoms with Crippen molar-refractivity contribution in [3.8, 4) is 11.8 Å². The number of benzene rings is 1. The molecule has 4 N–H and O–H groups in total. The third-order valence-electron chi connectivity index (χ3n) is 3.86. The van der Waals surface area contributed by atoms with Crippen molar-refractivity contribution in [2.45, 2.75) is 37.8 Å². The Labute approximate surface area is 124 Å². The van der Waals surface area contributed by atoms with E-state index in [1.54, 1.807) is 0 Å². The summed E-state index contributed by atoms with van der Waals surface area (Å²) in [7, 11) is 0. The molecule has 1 aromatic carbocycles. The summed E-state index contributed by atoms with van der Waals surface area (Å²) in [5.74, 6) is 6.38. The van der Waals surface area contributed by atoms with E-state index in [1.807, 2.05) is 24.3 Å². The number of hydrazine groups is 2. The van der Waals surface area contributed by atoms with Crippen LogP contribution >= 0.6 is 0 Å². The van der Waals surface area contributed by atoms with Crippen LogP contribution in [-0.4, -0.2) is 23.2 Å². The number of carbonyl (C=O) groups is 1. The fourth-order valence-corrected chi connectivity index (χ4v) is 2.45. The second-order valence-corrected chi connectivity index (χ2v) is 5.69. The van der Waals surface area contributed by atoms with Gasteiger partial charge >= 0.3 is 5.97 Å². The Morgan fingerprint density at radius 2 is 2.19 bits per heavy atom. The van der Waals surface area contributed by atoms with Crippen LogP contribution in [0.4, 0.5) is 0 Å². The van der Waals surface area contributed by atoms with Crippen LogP contribution in [0, 0.1) is 17.8 Å². The zero-order chi connectivity index (χ0) is 14.7. The van der Waals surface area contributed by atoms with E-state index >= 15 is 0 Å². The lowest BCUT2D eigenvalue weighted by molar-refractivity contribution is -0.139. The molecule has 5 nitrogen and oxygen atoms in total. The van der Waals surface area contributed by atoms with Crippen molar-refractivity contribution in [3.05, 3.63) is 35.4 Å². The van der Waals surface area contributed by atoms with E-state index in [0.29, 0.717) is 6.42 Å². The van der Waals surface area contributed by atoms with E-state index in [2.05, 4.69) is 28.2 Å². The van der Waals surface area contributed by atoms with Crippen LogP contribution < -0.4 is 16.4 Å². The van der Waals surface area contributed by atoms with Gasteiger partial charge in [0.2, 0.25) is 0 Å². The van der Waals surface area contributed by atoms with Crippen LogP contribution in [0.3, 0.4) is 0 Å². The predicted octanol–water partition coefficient (Wildman–Crippen LogP) is 0.815. The van der Waals surface area contributed by atoms with Crippen LogP contribution in [0.5, 0.6) is 0 Å². The molecule has 2 unspecified atom stereocenters. The van der Waals surface area contributed by atoms with Crippen molar-refractivity contribution in [2.75, 3.05) is 0 Å². The molecule has 0 bridgehead atoms. The van der Waals surface area contributed by atoms with E-state index in [0.717, 1.165) is 23.5 Å². The van der Waals surface area contributed by atoms with Crippen LogP contribution in [-0.2, 0) is 11.2 Å². The molecule has 1 heterocycles. The second-order valence-electron chi connectivity index (χ2n) is 5.69. The van der Waals surface area contributed by atoms with Gasteiger partial charge in [0.25, 0.3) is 0 Å². The van der Waals surface area contributed by atoms with Crippen LogP contribution in [0.25, 0.3) is 0 Å². The first kappa shape index (κ1) is 14.1. The molecule has 1 saturated carbocycles. The SMILES string of the molecule is O=C(O)C1NNNC1Cc1cccc(C#CCC2CC2)c1. The first-order valence-electron chi connectivity index (χ1n) is 7.29. The van der Waals surface area contributed by atoms with Crippen LogP contribution in [0.15, 0.2) is 24.3 Å². The van der Waals surface area contributed by atoms with Crippen molar-refractivity contribution in [2.24, 2.45) is 5.92 Å². The third kappa shape index (κ3) is 3.82. The summed E-state index contributed by atoms with van der Waals surface area (Å²) in [5.41, 5.74) is 10.4. The summed E-state index contributed by atoms with van der Waals surface area (Å²) in [6.07, 6.45) is 4.26. The Morgan fingerprint density at radius 3 is 2.95 bits per heavy atom. The molecule has 110 valence electrons. The van der Waals surface area contributed by atoms with E-state index in [1.165, 1.54) is 12.8 Å². The molecule has 2 atom stereocenters. The lowest BCUT2D eigenvalue weighted by Crippen LogP contribution is -2.41. The van der Waals surface area contributed by atoms with Crippen LogP contribution in [0.1, 0.15) is 30.4 Å². The number of carboxylic acids is 1. The molecule has 1 aromatic rings. The third-order valence-corrected chi connectivity index (χ3v) is 3.86. The Kier molecular flexibility index (Phi) is 4.20. The van der Waals surface area contributed by atoms with Crippen molar-refractivity contribution >= 4 is 5.97 Å². The molecule has 3 rings (SSSR count). The maximum absolute atomic E-state index is 11.1. The quantitative estimate of drug-likeness (QED) is 0.616. The normalized spacial score (nSPS) is 24.4. The highest BCUT2D eigenvalue weighted by Gasteiger charge is 2.32. The average Bonchev–Trinajstić information content (AvgIpc) is 3.16. The van der Waals surface area contributed by atoms with Crippen molar-refractivity contribution < 1.29 is 9.90 Å². The minimum atomic E-state index is -0.863. The molecule has 5 heteroatoms. The van der Waals surface area contributed by atoms with Gasteiger partial charge < -0.3 is 5.11 Å². The fraction of sp³-hybridized carbons (Fsp3) is 0.438. The molecule has 2 aliphatic rings. The minimum Gasteiger partial charge on any atom is -0.480 e. The van der Waals surface area contributed by atoms with Gasteiger partial charge in [-0.3, -0.25) is 4.79 Å². The van der Waals surface area contributed by atoms with E-state index in [4.69, 9.17) is 5.11 Å². The highest BCUT2D eigenvalue weighted by Crippen LogP contribution is 2.31. The second kappa shape index (κ2) is 6.27. The number of hydrogen-bond donors (Lipinski definition) is 4. The Bertz CT molecular complexity index is 587. The standard InChI is InChI=1S/C16H19N3O2/c20-16(21)15-14(17-19-18-15)10-13-6-2-5-12(9-13)4-1-3-11-7-8-11/h2,5-6,9,11,14-15,17-19H,3,7-8,10H2,(H,20,21). The number of aliphatic carboxylic acids is 1. The molecule has 0 amide bonds. The van der Waals surface area contributed by atoms with E-state index in [-0.39, 0.29) is 6.04 Å². The zero-order valence-electron chi connectivity index (χ0n) is 11.7. The topological polar surface area (TPSA) is 73.4 Å². The van der Waals surface area contributed by atoms with Gasteiger partial charge in [0.05, 0.1) is 6.04 Å². The predicted molar refractivity (Wildman–Crippen MR) is 79.0 cm³/mol. The molecule has 1 aliphatic carbocycles. The molecule has 1 aliphatic heterocycles. The lowest BCUT2D eigenvalue weighted by atomic mass is 9.99. The van der Waals surface area contributed by atoms with Gasteiger partial charge in [-0.25, -0.2) is 10.9 Å². The van der Waals surface area contributed by atoms with Gasteiger partial charge in [0.1, 0.15) is 6.04 Å². The summed E-state index contributed by atoms with van der Waals surface area (Å²) in [5, 5.41) is 9.13. The molecular weight excluding hydrogens is 266 g/mol. The van der Waals surface area contributed by atoms with Crippen molar-refractivity contribution in [1.82, 2.24) is 16.4 Å². The Morgan fingerprint density at radius 1 is 1.33 bits per heavy atom. The smallest absolute Gasteiger partial charge is 0.323 e. The molecule has 0 spiro atoms.